The maximum atomic E-state index is 14.8. The molecule has 1 aromatic rings. The molecule has 2 heterocycles. The van der Waals surface area contributed by atoms with Crippen molar-refractivity contribution in [2.45, 2.75) is 40.0 Å². The van der Waals surface area contributed by atoms with Crippen molar-refractivity contribution < 1.29 is 9.18 Å². The predicted molar refractivity (Wildman–Crippen MR) is 106 cm³/mol. The molecule has 1 saturated heterocycles. The summed E-state index contributed by atoms with van der Waals surface area (Å²) < 4.78 is 14.8. The van der Waals surface area contributed by atoms with Gasteiger partial charge in [0.1, 0.15) is 0 Å². The maximum absolute atomic E-state index is 14.8. The number of likely N-dealkylation sites (tertiary alicyclic amines) is 1. The van der Waals surface area contributed by atoms with Crippen LogP contribution in [0.5, 0.6) is 0 Å². The van der Waals surface area contributed by atoms with E-state index in [1.54, 1.807) is 12.1 Å². The quantitative estimate of drug-likeness (QED) is 0.370. The van der Waals surface area contributed by atoms with Crippen LogP contribution in [0.4, 0.5) is 4.39 Å². The first-order chi connectivity index (χ1) is 12.7. The van der Waals surface area contributed by atoms with Crippen LogP contribution in [0, 0.1) is 12.3 Å². The number of carbonyl (C=O) groups excluding carboxylic acids is 1. The molecule has 0 bridgehead atoms. The molecular formula is C20H30FN5O. The summed E-state index contributed by atoms with van der Waals surface area (Å²) in [5.41, 5.74) is 3.03. The number of allylic oxidation sites excluding steroid dienone is 2. The van der Waals surface area contributed by atoms with E-state index in [9.17, 15) is 9.18 Å². The normalized spacial score (nSPS) is 16.0. The van der Waals surface area contributed by atoms with Crippen molar-refractivity contribution >= 4 is 11.5 Å². The first kappa shape index (κ1) is 21.1. The Hall–Kier alpha value is -2.25. The largest absolute Gasteiger partial charge is 0.309 e. The van der Waals surface area contributed by atoms with E-state index in [-0.39, 0.29) is 17.3 Å². The number of halogens is 1. The van der Waals surface area contributed by atoms with Crippen LogP contribution in [0.1, 0.15) is 44.4 Å². The van der Waals surface area contributed by atoms with Crippen molar-refractivity contribution in [3.8, 4) is 0 Å². The van der Waals surface area contributed by atoms with Gasteiger partial charge in [0, 0.05) is 28.4 Å². The summed E-state index contributed by atoms with van der Waals surface area (Å²) >= 11 is 0. The second-order valence-electron chi connectivity index (χ2n) is 7.64. The lowest BCUT2D eigenvalue weighted by Crippen LogP contribution is -2.43. The molecule has 0 radical (unpaired) electrons. The molecule has 0 aliphatic carbocycles. The second kappa shape index (κ2) is 9.10. The fraction of sp³-hybridized carbons (Fsp3) is 0.500. The smallest absolute Gasteiger partial charge is 0.231 e. The molecule has 1 fully saturated rings. The lowest BCUT2D eigenvalue weighted by molar-refractivity contribution is -0.129. The van der Waals surface area contributed by atoms with Gasteiger partial charge in [0.2, 0.25) is 5.91 Å². The van der Waals surface area contributed by atoms with Gasteiger partial charge in [-0.15, -0.1) is 0 Å². The van der Waals surface area contributed by atoms with E-state index in [1.807, 2.05) is 20.8 Å². The summed E-state index contributed by atoms with van der Waals surface area (Å²) in [4.78, 5) is 19.2. The highest BCUT2D eigenvalue weighted by Gasteiger charge is 2.30. The first-order valence-corrected chi connectivity index (χ1v) is 9.27. The Morgan fingerprint density at radius 1 is 1.37 bits per heavy atom. The number of nitrogens with one attached hydrogen (secondary N) is 2. The standard InChI is InChI=1S/C20H30FN5O/c1-14-7-8-16(13-23-14)15(2)17(21)18(25-22)24-19(27)20(3,4)9-12-26-10-5-6-11-26/h7-8,13,25H,2,5-6,9-12,22H2,1,3-4H3,(H,24,27)/b18-17+. The molecule has 2 rings (SSSR count). The highest BCUT2D eigenvalue weighted by atomic mass is 19.1. The molecule has 6 nitrogen and oxygen atoms in total. The summed E-state index contributed by atoms with van der Waals surface area (Å²) in [5.74, 6) is 4.25. The number of aryl methyl sites for hydroxylation is 1. The topological polar surface area (TPSA) is 83.3 Å². The minimum absolute atomic E-state index is 0.102. The molecular weight excluding hydrogens is 345 g/mol. The molecule has 0 spiro atoms. The van der Waals surface area contributed by atoms with Crippen LogP contribution < -0.4 is 16.6 Å². The fourth-order valence-electron chi connectivity index (χ4n) is 2.92. The molecule has 1 amide bonds. The number of rotatable bonds is 8. The van der Waals surface area contributed by atoms with Crippen LogP contribution in [0.2, 0.25) is 0 Å². The van der Waals surface area contributed by atoms with E-state index in [1.165, 1.54) is 19.0 Å². The number of pyridine rings is 1. The number of nitrogens with two attached hydrogens (primary N) is 1. The summed E-state index contributed by atoms with van der Waals surface area (Å²) in [6.45, 7) is 12.3. The predicted octanol–water partition coefficient (Wildman–Crippen LogP) is 2.63. The zero-order valence-corrected chi connectivity index (χ0v) is 16.4. The molecule has 27 heavy (non-hydrogen) atoms. The molecule has 1 aromatic heterocycles. The monoisotopic (exact) mass is 375 g/mol. The van der Waals surface area contributed by atoms with Crippen molar-refractivity contribution in [1.29, 1.82) is 0 Å². The lowest BCUT2D eigenvalue weighted by atomic mass is 9.88. The zero-order valence-electron chi connectivity index (χ0n) is 16.4. The average Bonchev–Trinajstić information content (AvgIpc) is 3.17. The Kier molecular flexibility index (Phi) is 7.10. The number of hydrazine groups is 1. The van der Waals surface area contributed by atoms with Gasteiger partial charge in [-0.2, -0.15) is 0 Å². The third-order valence-corrected chi connectivity index (χ3v) is 4.99. The number of hydrogen-bond donors (Lipinski definition) is 3. The van der Waals surface area contributed by atoms with Crippen molar-refractivity contribution in [1.82, 2.24) is 20.6 Å². The van der Waals surface area contributed by atoms with Crippen LogP contribution in [0.15, 0.2) is 36.6 Å². The number of amides is 1. The Morgan fingerprint density at radius 2 is 2.04 bits per heavy atom. The van der Waals surface area contributed by atoms with Gasteiger partial charge >= 0.3 is 0 Å². The molecule has 0 aromatic carbocycles. The van der Waals surface area contributed by atoms with Gasteiger partial charge in [0.05, 0.1) is 0 Å². The maximum Gasteiger partial charge on any atom is 0.231 e. The Balaban J connectivity index is 2.06. The van der Waals surface area contributed by atoms with Crippen LogP contribution in [0.3, 0.4) is 0 Å². The lowest BCUT2D eigenvalue weighted by Gasteiger charge is -2.27. The van der Waals surface area contributed by atoms with E-state index >= 15 is 0 Å². The molecule has 148 valence electrons. The van der Waals surface area contributed by atoms with Crippen LogP contribution in [-0.4, -0.2) is 35.4 Å². The van der Waals surface area contributed by atoms with E-state index in [0.717, 1.165) is 25.3 Å². The minimum atomic E-state index is -0.716. The number of nitrogens with zero attached hydrogens (tertiary/aromatic N) is 2. The van der Waals surface area contributed by atoms with Gasteiger partial charge in [-0.25, -0.2) is 10.2 Å². The van der Waals surface area contributed by atoms with Crippen LogP contribution >= 0.6 is 0 Å². The SMILES string of the molecule is C=C(/C(F)=C(\NN)NC(=O)C(C)(C)CCN1CCCC1)c1ccc(C)nc1. The molecule has 0 saturated carbocycles. The van der Waals surface area contributed by atoms with Crippen molar-refractivity contribution in [2.75, 3.05) is 19.6 Å². The third kappa shape index (κ3) is 5.61. The van der Waals surface area contributed by atoms with Gasteiger partial charge < -0.3 is 15.6 Å². The van der Waals surface area contributed by atoms with Crippen LogP contribution in [0.25, 0.3) is 5.57 Å². The van der Waals surface area contributed by atoms with Gasteiger partial charge in [-0.05, 0) is 51.9 Å². The molecule has 1 aliphatic rings. The molecule has 0 unspecified atom stereocenters. The molecule has 1 aliphatic heterocycles. The highest BCUT2D eigenvalue weighted by molar-refractivity contribution is 5.84. The average molecular weight is 375 g/mol. The first-order valence-electron chi connectivity index (χ1n) is 9.27. The Bertz CT molecular complexity index is 706. The molecule has 4 N–H and O–H groups in total. The van der Waals surface area contributed by atoms with Gasteiger partial charge in [0.25, 0.3) is 0 Å². The summed E-state index contributed by atoms with van der Waals surface area (Å²) in [6.07, 6.45) is 4.63. The summed E-state index contributed by atoms with van der Waals surface area (Å²) in [7, 11) is 0. The van der Waals surface area contributed by atoms with Crippen LogP contribution in [-0.2, 0) is 4.79 Å². The fourth-order valence-corrected chi connectivity index (χ4v) is 2.92. The molecule has 0 atom stereocenters. The third-order valence-electron chi connectivity index (χ3n) is 4.99. The van der Waals surface area contributed by atoms with Gasteiger partial charge in [0.15, 0.2) is 11.6 Å². The second-order valence-corrected chi connectivity index (χ2v) is 7.64. The summed E-state index contributed by atoms with van der Waals surface area (Å²) in [5, 5.41) is 2.57. The number of aromatic nitrogens is 1. The summed E-state index contributed by atoms with van der Waals surface area (Å²) in [6, 6.07) is 3.49. The molecule has 7 heteroatoms. The van der Waals surface area contributed by atoms with Crippen molar-refractivity contribution in [3.63, 3.8) is 0 Å². The minimum Gasteiger partial charge on any atom is -0.309 e. The number of carbonyl (C=O) groups is 1. The van der Waals surface area contributed by atoms with E-state index in [4.69, 9.17) is 5.84 Å². The van der Waals surface area contributed by atoms with Crippen molar-refractivity contribution in [3.05, 3.63) is 47.8 Å². The van der Waals surface area contributed by atoms with E-state index < -0.39 is 11.2 Å². The Labute approximate surface area is 160 Å². The van der Waals surface area contributed by atoms with Crippen molar-refractivity contribution in [2.24, 2.45) is 11.3 Å². The van der Waals surface area contributed by atoms with Gasteiger partial charge in [-0.1, -0.05) is 26.5 Å². The zero-order chi connectivity index (χ0) is 20.0. The van der Waals surface area contributed by atoms with Gasteiger partial charge in [-0.3, -0.25) is 9.78 Å². The van der Waals surface area contributed by atoms with E-state index in [0.29, 0.717) is 12.0 Å². The highest BCUT2D eigenvalue weighted by Crippen LogP contribution is 2.26. The Morgan fingerprint density at radius 3 is 2.59 bits per heavy atom. The number of hydrogen-bond acceptors (Lipinski definition) is 5. The van der Waals surface area contributed by atoms with E-state index in [2.05, 4.69) is 27.2 Å².